The summed E-state index contributed by atoms with van der Waals surface area (Å²) in [5.41, 5.74) is 1.05. The van der Waals surface area contributed by atoms with E-state index in [9.17, 15) is 19.0 Å². The number of nitriles is 1. The van der Waals surface area contributed by atoms with Crippen molar-refractivity contribution in [1.82, 2.24) is 24.2 Å². The van der Waals surface area contributed by atoms with Gasteiger partial charge in [-0.15, -0.1) is 0 Å². The normalized spacial score (nSPS) is 19.1. The third kappa shape index (κ3) is 11.8. The number of nitrogens with zero attached hydrogens (tertiary/aromatic N) is 7. The van der Waals surface area contributed by atoms with Gasteiger partial charge in [0.2, 0.25) is 11.9 Å². The van der Waals surface area contributed by atoms with Crippen molar-refractivity contribution in [2.45, 2.75) is 83.5 Å². The molecule has 8 rings (SSSR count). The molecule has 73 heavy (non-hydrogen) atoms. The maximum absolute atomic E-state index is 14.4. The summed E-state index contributed by atoms with van der Waals surface area (Å²) < 4.78 is 78.5. The van der Waals surface area contributed by atoms with Crippen LogP contribution in [-0.4, -0.2) is 87.9 Å². The van der Waals surface area contributed by atoms with Crippen LogP contribution in [0.1, 0.15) is 74.5 Å². The molecule has 0 saturated carbocycles. The number of carbonyl (C=O) groups excluding carboxylic acids is 2. The van der Waals surface area contributed by atoms with Crippen molar-refractivity contribution in [1.29, 1.82) is 5.26 Å². The van der Waals surface area contributed by atoms with Crippen LogP contribution in [-0.2, 0) is 28.9 Å². The van der Waals surface area contributed by atoms with E-state index in [1.165, 1.54) is 22.7 Å². The predicted molar refractivity (Wildman–Crippen MR) is 278 cm³/mol. The third-order valence-corrected chi connectivity index (χ3v) is 13.7. The lowest BCUT2D eigenvalue weighted by atomic mass is 9.80. The lowest BCUT2D eigenvalue weighted by molar-refractivity contribution is -0.114. The second-order valence-corrected chi connectivity index (χ2v) is 18.5. The molecule has 5 aromatic carbocycles. The first-order valence-corrected chi connectivity index (χ1v) is 24.7. The maximum atomic E-state index is 14.4. The topological polar surface area (TPSA) is 185 Å². The van der Waals surface area contributed by atoms with E-state index in [-0.39, 0.29) is 48.1 Å². The number of nitrogens with one attached hydrogen (secondary N) is 1. The van der Waals surface area contributed by atoms with Crippen LogP contribution in [0.15, 0.2) is 146 Å². The Morgan fingerprint density at radius 2 is 1.41 bits per heavy atom. The second-order valence-electron chi connectivity index (χ2n) is 17.1. The molecule has 0 bridgehead atoms. The highest BCUT2D eigenvalue weighted by molar-refractivity contribution is 7.44. The second kappa shape index (κ2) is 24.0. The van der Waals surface area contributed by atoms with Crippen molar-refractivity contribution in [2.75, 3.05) is 37.6 Å². The molecule has 1 saturated heterocycles. The number of benzene rings is 5. The molecular weight excluding hydrogens is 948 g/mol. The molecule has 0 aliphatic carbocycles. The van der Waals surface area contributed by atoms with Gasteiger partial charge in [0.05, 0.1) is 66.4 Å². The Labute approximate surface area is 430 Å². The summed E-state index contributed by atoms with van der Waals surface area (Å²) in [5.74, 6) is -0.00349. The average Bonchev–Trinajstić information content (AvgIpc) is 3.96. The van der Waals surface area contributed by atoms with Gasteiger partial charge in [-0.1, -0.05) is 91.0 Å². The number of ether oxygens (including phenoxy) is 5. The fourth-order valence-corrected chi connectivity index (χ4v) is 10.0. The van der Waals surface area contributed by atoms with Crippen molar-refractivity contribution in [3.63, 3.8) is 0 Å². The molecule has 1 aliphatic heterocycles. The van der Waals surface area contributed by atoms with Crippen LogP contribution in [0.2, 0.25) is 0 Å². The summed E-state index contributed by atoms with van der Waals surface area (Å²) in [5, 5.41) is 12.2. The summed E-state index contributed by atoms with van der Waals surface area (Å²) in [4.78, 5) is 42.0. The fourth-order valence-electron chi connectivity index (χ4n) is 8.39. The molecule has 378 valence electrons. The zero-order chi connectivity index (χ0) is 54.1. The highest BCUT2D eigenvalue weighted by Crippen LogP contribution is 2.51. The third-order valence-electron chi connectivity index (χ3n) is 11.6. The number of para-hydroxylation sites is 2. The van der Waals surface area contributed by atoms with Crippen LogP contribution in [0.4, 0.5) is 22.1 Å². The number of imidazole rings is 1. The molecule has 1 aliphatic rings. The van der Waals surface area contributed by atoms with Crippen molar-refractivity contribution < 1.29 is 46.4 Å². The van der Waals surface area contributed by atoms with Crippen LogP contribution in [0.25, 0.3) is 11.2 Å². The van der Waals surface area contributed by atoms with Crippen molar-refractivity contribution in [2.24, 2.45) is 0 Å². The quantitative estimate of drug-likeness (QED) is 0.0407. The first kappa shape index (κ1) is 48.0. The summed E-state index contributed by atoms with van der Waals surface area (Å²) in [6.07, 6.45) is -7.04. The first-order valence-electron chi connectivity index (χ1n) is 25.2. The van der Waals surface area contributed by atoms with E-state index in [2.05, 4.69) is 26.3 Å². The van der Waals surface area contributed by atoms with Crippen LogP contribution in [0.5, 0.6) is 17.4 Å². The van der Waals surface area contributed by atoms with Gasteiger partial charge in [0.15, 0.2) is 11.2 Å². The SMILES string of the molecule is [2H]C(OC(c1ccccc1)(c1ccc(OC)cc1)c1ccc(OC)cc1)[C@H]1OC(n2cnc3c(OC(=O)N(c4ccccc4)c4ccccc4)nc(NC(C)=O)nc32)[C@@H]([2H])[C@]1([2H])OP(OCCC#N)N(C(C)C)C(C)C. The van der Waals surface area contributed by atoms with E-state index in [1.807, 2.05) is 99.1 Å². The smallest absolute Gasteiger partial charge is 0.425 e. The van der Waals surface area contributed by atoms with Crippen LogP contribution < -0.4 is 24.4 Å². The number of hydrogen-bond donors (Lipinski definition) is 1. The molecule has 1 fully saturated rings. The summed E-state index contributed by atoms with van der Waals surface area (Å²) in [6, 6.07) is 43.1. The minimum absolute atomic E-state index is 0.0102. The van der Waals surface area contributed by atoms with Gasteiger partial charge in [-0.05, 0) is 92.9 Å². The Balaban J connectivity index is 1.28. The molecule has 2 amide bonds. The molecule has 18 heteroatoms. The Morgan fingerprint density at radius 3 is 1.93 bits per heavy atom. The minimum atomic E-state index is -2.50. The van der Waals surface area contributed by atoms with Crippen molar-refractivity contribution >= 4 is 49.0 Å². The van der Waals surface area contributed by atoms with Gasteiger partial charge in [0.25, 0.3) is 14.4 Å². The minimum Gasteiger partial charge on any atom is -0.497 e. The van der Waals surface area contributed by atoms with Gasteiger partial charge in [-0.2, -0.15) is 15.2 Å². The zero-order valence-electron chi connectivity index (χ0n) is 44.5. The molecule has 7 aromatic rings. The van der Waals surface area contributed by atoms with Gasteiger partial charge in [0.1, 0.15) is 29.4 Å². The number of carbonyl (C=O) groups is 2. The highest BCUT2D eigenvalue weighted by Gasteiger charge is 2.45. The molecule has 0 spiro atoms. The Bertz CT molecular complexity index is 3010. The predicted octanol–water partition coefficient (Wildman–Crippen LogP) is 11.1. The molecule has 3 heterocycles. The summed E-state index contributed by atoms with van der Waals surface area (Å²) >= 11 is 0. The van der Waals surface area contributed by atoms with Gasteiger partial charge >= 0.3 is 6.09 Å². The van der Waals surface area contributed by atoms with Gasteiger partial charge < -0.3 is 32.7 Å². The Morgan fingerprint density at radius 1 is 0.863 bits per heavy atom. The van der Waals surface area contributed by atoms with E-state index in [1.54, 1.807) is 87.0 Å². The molecule has 6 atom stereocenters. The largest absolute Gasteiger partial charge is 0.497 e. The van der Waals surface area contributed by atoms with E-state index < -0.39 is 57.5 Å². The monoisotopic (exact) mass is 1010 g/mol. The molecule has 0 radical (unpaired) electrons. The van der Waals surface area contributed by atoms with Gasteiger partial charge in [-0.25, -0.2) is 19.3 Å². The fraction of sp³-hybridized carbons (Fsp3) is 0.309. The molecule has 3 unspecified atom stereocenters. The summed E-state index contributed by atoms with van der Waals surface area (Å²) in [7, 11) is 0.876. The number of methoxy groups -OCH3 is 2. The first-order chi connectivity index (χ1) is 36.6. The van der Waals surface area contributed by atoms with E-state index in [0.717, 1.165) is 0 Å². The van der Waals surface area contributed by atoms with E-state index >= 15 is 0 Å². The lowest BCUT2D eigenvalue weighted by Crippen LogP contribution is -2.39. The van der Waals surface area contributed by atoms with Gasteiger partial charge in [-0.3, -0.25) is 14.7 Å². The van der Waals surface area contributed by atoms with Crippen molar-refractivity contribution in [3.8, 4) is 23.4 Å². The number of aromatic nitrogens is 4. The lowest BCUT2D eigenvalue weighted by Gasteiger charge is -2.39. The summed E-state index contributed by atoms with van der Waals surface area (Å²) in [6.45, 7) is 7.13. The Hall–Kier alpha value is -7.29. The molecule has 2 aromatic heterocycles. The number of amides is 2. The van der Waals surface area contributed by atoms with Gasteiger partial charge in [0, 0.05) is 26.8 Å². The number of anilines is 3. The average molecular weight is 1010 g/mol. The molecule has 1 N–H and O–H groups in total. The maximum Gasteiger partial charge on any atom is 0.425 e. The van der Waals surface area contributed by atoms with Crippen LogP contribution in [0.3, 0.4) is 0 Å². The molecule has 17 nitrogen and oxygen atoms in total. The molecular formula is C55H59N8O9P. The zero-order valence-corrected chi connectivity index (χ0v) is 42.4. The van der Waals surface area contributed by atoms with Crippen molar-refractivity contribution in [3.05, 3.63) is 163 Å². The Kier molecular flexibility index (Phi) is 15.8. The van der Waals surface area contributed by atoms with Crippen LogP contribution in [0, 0.1) is 11.3 Å². The van der Waals surface area contributed by atoms with E-state index in [0.29, 0.717) is 39.6 Å². The van der Waals surface area contributed by atoms with E-state index in [4.69, 9.17) is 32.7 Å². The number of fused-ring (bicyclic) bond motifs is 1. The number of rotatable bonds is 21. The van der Waals surface area contributed by atoms with Crippen LogP contribution >= 0.6 is 8.53 Å². The number of hydrogen-bond acceptors (Lipinski definition) is 14. The highest BCUT2D eigenvalue weighted by atomic mass is 31.2. The standard InChI is InChI=1S/C55H59N8O9P/c1-37(2)63(38(3)4)73(69-33-17-32-56)72-47-34-49(70-48(47)35-68-55(40-18-11-8-12-19-40,41-24-28-45(66-6)29-25-41)42-26-30-46(67-7)31-27-42)61-36-57-50-51(61)59-53(58-39(5)64)60-52(50)71-54(65)62(43-20-13-9-14-21-43)44-22-15-10-16-23-44/h8-16,18-31,36-38,47-49H,17,33-35H2,1-7H3,(H,58,59,60,64)/t47-,48+,49?,73?/m0/s1/i34D,35D,47D/t34-,35?,47-,48+,49?,73?.